The van der Waals surface area contributed by atoms with Crippen molar-refractivity contribution in [1.29, 1.82) is 0 Å². The highest BCUT2D eigenvalue weighted by atomic mass is 16.5. The number of hydrogen-bond acceptors (Lipinski definition) is 7. The van der Waals surface area contributed by atoms with Gasteiger partial charge in [0.05, 0.1) is 25.7 Å². The van der Waals surface area contributed by atoms with E-state index in [1.807, 2.05) is 11.0 Å². The van der Waals surface area contributed by atoms with Crippen LogP contribution in [0.4, 0.5) is 4.79 Å². The summed E-state index contributed by atoms with van der Waals surface area (Å²) in [6, 6.07) is 7.50. The van der Waals surface area contributed by atoms with Gasteiger partial charge in [-0.05, 0) is 75.6 Å². The number of rotatable bonds is 13. The molecule has 1 saturated heterocycles. The quantitative estimate of drug-likeness (QED) is 0.325. The first kappa shape index (κ1) is 26.9. The van der Waals surface area contributed by atoms with E-state index in [0.29, 0.717) is 45.3 Å². The number of hydrogen-bond donors (Lipinski definition) is 1. The highest BCUT2D eigenvalue weighted by molar-refractivity contribution is 5.78. The predicted octanol–water partition coefficient (Wildman–Crippen LogP) is 3.45. The lowest BCUT2D eigenvalue weighted by atomic mass is 9.95. The van der Waals surface area contributed by atoms with Gasteiger partial charge in [0.2, 0.25) is 5.88 Å². The average molecular weight is 510 g/mol. The first-order valence-corrected chi connectivity index (χ1v) is 13.6. The van der Waals surface area contributed by atoms with E-state index in [2.05, 4.69) is 17.1 Å². The van der Waals surface area contributed by atoms with E-state index >= 15 is 0 Å². The van der Waals surface area contributed by atoms with E-state index in [-0.39, 0.29) is 18.4 Å². The van der Waals surface area contributed by atoms with Crippen LogP contribution in [0.25, 0.3) is 0 Å². The number of nitrogens with zero attached hydrogens (tertiary/aromatic N) is 4. The second kappa shape index (κ2) is 13.4. The zero-order valence-corrected chi connectivity index (χ0v) is 21.9. The van der Waals surface area contributed by atoms with Gasteiger partial charge in [-0.3, -0.25) is 9.78 Å². The Kier molecular flexibility index (Phi) is 9.71. The Morgan fingerprint density at radius 2 is 2.00 bits per heavy atom. The van der Waals surface area contributed by atoms with E-state index in [9.17, 15) is 9.59 Å². The lowest BCUT2D eigenvalue weighted by Gasteiger charge is -2.27. The maximum atomic E-state index is 13.4. The third-order valence-corrected chi connectivity index (χ3v) is 7.01. The van der Waals surface area contributed by atoms with Gasteiger partial charge in [0.25, 0.3) is 0 Å². The molecule has 0 bridgehead atoms. The van der Waals surface area contributed by atoms with Crippen LogP contribution in [-0.2, 0) is 28.8 Å². The number of pyridine rings is 2. The Hall–Kier alpha value is -3.20. The molecule has 0 radical (unpaired) electrons. The molecule has 1 atom stereocenters. The Morgan fingerprint density at radius 3 is 2.78 bits per heavy atom. The molecule has 200 valence electrons. The normalized spacial score (nSPS) is 16.0. The fourth-order valence-corrected chi connectivity index (χ4v) is 5.04. The predicted molar refractivity (Wildman–Crippen MR) is 140 cm³/mol. The van der Waals surface area contributed by atoms with Crippen LogP contribution < -0.4 is 10.5 Å². The SMILES string of the molecule is CCOC(=O)C[C@@H](c1ccc(OCCCN)nc1)N1CCN(CCCc2ccc3c(n2)CCCC3)C1=O. The van der Waals surface area contributed by atoms with Crippen LogP contribution in [0.1, 0.15) is 67.6 Å². The van der Waals surface area contributed by atoms with Gasteiger partial charge in [0.15, 0.2) is 0 Å². The molecule has 4 rings (SSSR count). The van der Waals surface area contributed by atoms with Gasteiger partial charge < -0.3 is 25.0 Å². The Balaban J connectivity index is 1.37. The second-order valence-electron chi connectivity index (χ2n) is 9.63. The summed E-state index contributed by atoms with van der Waals surface area (Å²) in [7, 11) is 0. The molecule has 1 aliphatic carbocycles. The maximum Gasteiger partial charge on any atom is 0.320 e. The van der Waals surface area contributed by atoms with Crippen molar-refractivity contribution < 1.29 is 19.1 Å². The van der Waals surface area contributed by atoms with Crippen LogP contribution in [0.15, 0.2) is 30.5 Å². The van der Waals surface area contributed by atoms with Gasteiger partial charge >= 0.3 is 12.0 Å². The largest absolute Gasteiger partial charge is 0.478 e. The smallest absolute Gasteiger partial charge is 0.320 e. The van der Waals surface area contributed by atoms with Crippen molar-refractivity contribution in [3.05, 3.63) is 53.0 Å². The van der Waals surface area contributed by atoms with Crippen molar-refractivity contribution in [3.8, 4) is 5.88 Å². The molecule has 3 heterocycles. The van der Waals surface area contributed by atoms with Gasteiger partial charge in [-0.25, -0.2) is 9.78 Å². The number of carbonyl (C=O) groups excluding carboxylic acids is 2. The van der Waals surface area contributed by atoms with Crippen molar-refractivity contribution in [1.82, 2.24) is 19.8 Å². The molecule has 1 fully saturated rings. The number of esters is 1. The Morgan fingerprint density at radius 1 is 1.14 bits per heavy atom. The van der Waals surface area contributed by atoms with Crippen molar-refractivity contribution in [2.24, 2.45) is 5.73 Å². The maximum absolute atomic E-state index is 13.4. The minimum Gasteiger partial charge on any atom is -0.478 e. The van der Waals surface area contributed by atoms with Crippen molar-refractivity contribution >= 4 is 12.0 Å². The number of aryl methyl sites for hydroxylation is 3. The number of nitrogens with two attached hydrogens (primary N) is 1. The van der Waals surface area contributed by atoms with E-state index in [1.165, 1.54) is 24.1 Å². The molecule has 2 aromatic heterocycles. The summed E-state index contributed by atoms with van der Waals surface area (Å²) in [5.74, 6) is 0.165. The molecule has 2 aliphatic rings. The molecule has 2 amide bonds. The summed E-state index contributed by atoms with van der Waals surface area (Å²) in [5.41, 5.74) is 10.0. The first-order valence-electron chi connectivity index (χ1n) is 13.6. The van der Waals surface area contributed by atoms with Crippen LogP contribution in [0.5, 0.6) is 5.88 Å². The molecule has 0 spiro atoms. The van der Waals surface area contributed by atoms with E-state index in [1.54, 1.807) is 24.1 Å². The zero-order chi connectivity index (χ0) is 26.0. The molecular formula is C28H39N5O4. The van der Waals surface area contributed by atoms with Crippen LogP contribution >= 0.6 is 0 Å². The van der Waals surface area contributed by atoms with E-state index in [0.717, 1.165) is 43.4 Å². The number of fused-ring (bicyclic) bond motifs is 1. The third kappa shape index (κ3) is 7.19. The topological polar surface area (TPSA) is 111 Å². The first-order chi connectivity index (χ1) is 18.1. The van der Waals surface area contributed by atoms with E-state index in [4.69, 9.17) is 20.2 Å². The van der Waals surface area contributed by atoms with Crippen molar-refractivity contribution in [2.75, 3.05) is 39.4 Å². The van der Waals surface area contributed by atoms with Crippen molar-refractivity contribution in [2.45, 2.75) is 64.3 Å². The molecular weight excluding hydrogens is 470 g/mol. The Labute approximate surface area is 219 Å². The summed E-state index contributed by atoms with van der Waals surface area (Å²) in [5, 5.41) is 0. The number of carbonyl (C=O) groups is 2. The number of aromatic nitrogens is 2. The number of amides is 2. The molecule has 2 aromatic rings. The highest BCUT2D eigenvalue weighted by Gasteiger charge is 2.35. The molecule has 0 saturated carbocycles. The monoisotopic (exact) mass is 509 g/mol. The summed E-state index contributed by atoms with van der Waals surface area (Å²) in [6.07, 6.45) is 8.88. The number of ether oxygens (including phenoxy) is 2. The van der Waals surface area contributed by atoms with Gasteiger partial charge in [0, 0.05) is 43.3 Å². The van der Waals surface area contributed by atoms with Gasteiger partial charge in [-0.15, -0.1) is 0 Å². The van der Waals surface area contributed by atoms with Gasteiger partial charge in [-0.1, -0.05) is 12.1 Å². The minimum atomic E-state index is -0.440. The molecule has 37 heavy (non-hydrogen) atoms. The molecule has 9 heteroatoms. The average Bonchev–Trinajstić information content (AvgIpc) is 3.28. The van der Waals surface area contributed by atoms with Gasteiger partial charge in [0.1, 0.15) is 0 Å². The summed E-state index contributed by atoms with van der Waals surface area (Å²) >= 11 is 0. The molecule has 1 aliphatic heterocycles. The van der Waals surface area contributed by atoms with Crippen LogP contribution in [0.2, 0.25) is 0 Å². The second-order valence-corrected chi connectivity index (χ2v) is 9.63. The van der Waals surface area contributed by atoms with Crippen molar-refractivity contribution in [3.63, 3.8) is 0 Å². The van der Waals surface area contributed by atoms with E-state index < -0.39 is 6.04 Å². The van der Waals surface area contributed by atoms with Crippen LogP contribution in [0.3, 0.4) is 0 Å². The fraction of sp³-hybridized carbons (Fsp3) is 0.571. The zero-order valence-electron chi connectivity index (χ0n) is 21.9. The third-order valence-electron chi connectivity index (χ3n) is 7.01. The lowest BCUT2D eigenvalue weighted by Crippen LogP contribution is -2.36. The molecule has 9 nitrogen and oxygen atoms in total. The van der Waals surface area contributed by atoms with Crippen LogP contribution in [-0.4, -0.2) is 71.2 Å². The summed E-state index contributed by atoms with van der Waals surface area (Å²) in [6.45, 7) is 4.97. The van der Waals surface area contributed by atoms with Gasteiger partial charge in [-0.2, -0.15) is 0 Å². The molecule has 0 unspecified atom stereocenters. The molecule has 2 N–H and O–H groups in total. The number of urea groups is 1. The Bertz CT molecular complexity index is 1050. The molecule has 0 aromatic carbocycles. The standard InChI is InChI=1S/C28H39N5O4/c1-2-36-27(34)19-25(22-11-13-26(30-20-22)37-18-6-14-29)33-17-16-32(28(33)35)15-5-8-23-12-10-21-7-3-4-9-24(21)31-23/h10-13,20,25H,2-9,14-19,29H2,1H3/t25-/m0/s1. The lowest BCUT2D eigenvalue weighted by molar-refractivity contribution is -0.144. The van der Waals surface area contributed by atoms with Crippen LogP contribution in [0, 0.1) is 0 Å². The summed E-state index contributed by atoms with van der Waals surface area (Å²) in [4.78, 5) is 38.7. The fourth-order valence-electron chi connectivity index (χ4n) is 5.04. The summed E-state index contributed by atoms with van der Waals surface area (Å²) < 4.78 is 10.8. The minimum absolute atomic E-state index is 0.0593. The highest BCUT2D eigenvalue weighted by Crippen LogP contribution is 2.29.